The predicted octanol–water partition coefficient (Wildman–Crippen LogP) is 3.43. The average Bonchev–Trinajstić information content (AvgIpc) is 3.14. The first-order valence-electron chi connectivity index (χ1n) is 8.59. The first-order chi connectivity index (χ1) is 12.4. The van der Waals surface area contributed by atoms with Crippen LogP contribution in [-0.2, 0) is 21.0 Å². The monoisotopic (exact) mass is 424 g/mol. The number of halogens is 4. The van der Waals surface area contributed by atoms with Crippen LogP contribution < -0.4 is 9.62 Å². The summed E-state index contributed by atoms with van der Waals surface area (Å²) < 4.78 is 63.9. The smallest absolute Gasteiger partial charge is 0.352 e. The summed E-state index contributed by atoms with van der Waals surface area (Å²) in [6.07, 6.45) is 0.263. The molecule has 2 aliphatic carbocycles. The Labute approximate surface area is 160 Å². The summed E-state index contributed by atoms with van der Waals surface area (Å²) in [5.41, 5.74) is -1.40. The summed E-state index contributed by atoms with van der Waals surface area (Å²) in [4.78, 5) is 12.4. The summed E-state index contributed by atoms with van der Waals surface area (Å²) in [6, 6.07) is 2.39. The van der Waals surface area contributed by atoms with E-state index in [0.717, 1.165) is 44.1 Å². The highest BCUT2D eigenvalue weighted by Crippen LogP contribution is 2.44. The van der Waals surface area contributed by atoms with E-state index in [0.29, 0.717) is 22.2 Å². The van der Waals surface area contributed by atoms with Crippen LogP contribution in [0.15, 0.2) is 18.2 Å². The molecule has 150 valence electrons. The van der Waals surface area contributed by atoms with Crippen LogP contribution in [0.3, 0.4) is 0 Å². The lowest BCUT2D eigenvalue weighted by molar-refractivity contribution is -0.137. The molecule has 0 radical (unpaired) electrons. The Balaban J connectivity index is 1.82. The number of nitrogens with one attached hydrogen (secondary N) is 1. The molecule has 2 bridgehead atoms. The van der Waals surface area contributed by atoms with Crippen LogP contribution in [0.2, 0.25) is 5.02 Å². The van der Waals surface area contributed by atoms with Gasteiger partial charge < -0.3 is 5.32 Å². The van der Waals surface area contributed by atoms with Crippen LogP contribution in [0, 0.1) is 11.8 Å². The Morgan fingerprint density at radius 3 is 2.52 bits per heavy atom. The van der Waals surface area contributed by atoms with Crippen LogP contribution in [-0.4, -0.2) is 33.2 Å². The Hall–Kier alpha value is -1.48. The van der Waals surface area contributed by atoms with Crippen molar-refractivity contribution < 1.29 is 26.4 Å². The molecule has 1 N–H and O–H groups in total. The largest absolute Gasteiger partial charge is 0.416 e. The zero-order chi connectivity index (χ0) is 20.0. The van der Waals surface area contributed by atoms with Gasteiger partial charge in [0.1, 0.15) is 6.54 Å². The van der Waals surface area contributed by atoms with Crippen molar-refractivity contribution in [2.45, 2.75) is 37.9 Å². The van der Waals surface area contributed by atoms with E-state index in [4.69, 9.17) is 11.6 Å². The van der Waals surface area contributed by atoms with Crippen LogP contribution in [0.25, 0.3) is 0 Å². The standard InChI is InChI=1S/C17H20ClF3N2O3S/c1-27(25,26)23(15-8-12(17(19,20)21)4-5-13(15)18)9-16(24)22-14-7-10-2-3-11(14)6-10/h4-5,8,10-11,14H,2-3,6-7,9H2,1H3,(H,22,24)/t10-,11-,14-/m0/s1. The van der Waals surface area contributed by atoms with E-state index in [-0.39, 0.29) is 16.8 Å². The summed E-state index contributed by atoms with van der Waals surface area (Å²) in [5, 5.41) is 2.66. The summed E-state index contributed by atoms with van der Waals surface area (Å²) >= 11 is 5.95. The normalized spacial score (nSPS) is 24.9. The van der Waals surface area contributed by atoms with Gasteiger partial charge in [-0.3, -0.25) is 9.10 Å². The third kappa shape index (κ3) is 4.51. The highest BCUT2D eigenvalue weighted by Gasteiger charge is 2.40. The molecule has 3 rings (SSSR count). The number of rotatable bonds is 5. The number of carbonyl (C=O) groups excluding carboxylic acids is 1. The van der Waals surface area contributed by atoms with Gasteiger partial charge in [-0.25, -0.2) is 8.42 Å². The Morgan fingerprint density at radius 1 is 1.30 bits per heavy atom. The number of benzene rings is 1. The number of carbonyl (C=O) groups is 1. The molecule has 3 atom stereocenters. The maximum atomic E-state index is 13.0. The zero-order valence-corrected chi connectivity index (χ0v) is 16.2. The lowest BCUT2D eigenvalue weighted by Gasteiger charge is -2.27. The van der Waals surface area contributed by atoms with Crippen LogP contribution >= 0.6 is 11.6 Å². The van der Waals surface area contributed by atoms with Crippen molar-refractivity contribution in [1.82, 2.24) is 5.32 Å². The second kappa shape index (κ2) is 7.16. The molecule has 0 saturated heterocycles. The number of fused-ring (bicyclic) bond motifs is 2. The topological polar surface area (TPSA) is 66.5 Å². The molecule has 1 aromatic carbocycles. The summed E-state index contributed by atoms with van der Waals surface area (Å²) in [7, 11) is -4.02. The minimum absolute atomic E-state index is 0.00496. The van der Waals surface area contributed by atoms with Gasteiger partial charge in [0.15, 0.2) is 0 Å². The number of anilines is 1. The second-order valence-electron chi connectivity index (χ2n) is 7.28. The molecule has 2 fully saturated rings. The van der Waals surface area contributed by atoms with Gasteiger partial charge in [-0.15, -0.1) is 0 Å². The fraction of sp³-hybridized carbons (Fsp3) is 0.588. The van der Waals surface area contributed by atoms with Crippen molar-refractivity contribution in [3.63, 3.8) is 0 Å². The highest BCUT2D eigenvalue weighted by atomic mass is 35.5. The molecule has 0 spiro atoms. The molecule has 1 aromatic rings. The van der Waals surface area contributed by atoms with Crippen molar-refractivity contribution in [1.29, 1.82) is 0 Å². The fourth-order valence-corrected chi connectivity index (χ4v) is 5.20. The lowest BCUT2D eigenvalue weighted by atomic mass is 9.95. The zero-order valence-electron chi connectivity index (χ0n) is 14.6. The molecule has 5 nitrogen and oxygen atoms in total. The van der Waals surface area contributed by atoms with Crippen LogP contribution in [0.4, 0.5) is 18.9 Å². The van der Waals surface area contributed by atoms with Gasteiger partial charge in [-0.1, -0.05) is 18.0 Å². The maximum Gasteiger partial charge on any atom is 0.416 e. The number of nitrogens with zero attached hydrogens (tertiary/aromatic N) is 1. The van der Waals surface area contributed by atoms with Gasteiger partial charge in [0.2, 0.25) is 15.9 Å². The third-order valence-electron chi connectivity index (χ3n) is 5.31. The van der Waals surface area contributed by atoms with Crippen molar-refractivity contribution in [3.8, 4) is 0 Å². The Bertz CT molecular complexity index is 844. The molecular weight excluding hydrogens is 405 g/mol. The molecule has 2 aliphatic rings. The van der Waals surface area contributed by atoms with E-state index in [1.165, 1.54) is 0 Å². The van der Waals surface area contributed by atoms with E-state index in [1.807, 2.05) is 0 Å². The molecule has 0 aromatic heterocycles. The molecule has 0 aliphatic heterocycles. The Morgan fingerprint density at radius 2 is 2.00 bits per heavy atom. The van der Waals surface area contributed by atoms with E-state index < -0.39 is 34.2 Å². The SMILES string of the molecule is CS(=O)(=O)N(CC(=O)N[C@H]1C[C@H]2CC[C@H]1C2)c1cc(C(F)(F)F)ccc1Cl. The van der Waals surface area contributed by atoms with Crippen molar-refractivity contribution in [3.05, 3.63) is 28.8 Å². The highest BCUT2D eigenvalue weighted by molar-refractivity contribution is 7.92. The molecule has 0 heterocycles. The minimum atomic E-state index is -4.66. The average molecular weight is 425 g/mol. The van der Waals surface area contributed by atoms with Gasteiger partial charge >= 0.3 is 6.18 Å². The molecule has 0 unspecified atom stereocenters. The van der Waals surface area contributed by atoms with Crippen molar-refractivity contribution in [2.24, 2.45) is 11.8 Å². The minimum Gasteiger partial charge on any atom is -0.352 e. The van der Waals surface area contributed by atoms with Crippen LogP contribution in [0.5, 0.6) is 0 Å². The van der Waals surface area contributed by atoms with E-state index >= 15 is 0 Å². The maximum absolute atomic E-state index is 13.0. The van der Waals surface area contributed by atoms with Gasteiger partial charge in [-0.05, 0) is 49.3 Å². The third-order valence-corrected chi connectivity index (χ3v) is 6.76. The number of sulfonamides is 1. The second-order valence-corrected chi connectivity index (χ2v) is 9.60. The van der Waals surface area contributed by atoms with Gasteiger partial charge in [0.05, 0.1) is 22.5 Å². The number of alkyl halides is 3. The number of hydrogen-bond donors (Lipinski definition) is 1. The summed E-state index contributed by atoms with van der Waals surface area (Å²) in [6.45, 7) is -0.617. The number of hydrogen-bond acceptors (Lipinski definition) is 3. The fourth-order valence-electron chi connectivity index (χ4n) is 4.07. The number of amides is 1. The van der Waals surface area contributed by atoms with Gasteiger partial charge in [0.25, 0.3) is 0 Å². The summed E-state index contributed by atoms with van der Waals surface area (Å²) in [5.74, 6) is 0.429. The van der Waals surface area contributed by atoms with E-state index in [1.54, 1.807) is 0 Å². The predicted molar refractivity (Wildman–Crippen MR) is 96.0 cm³/mol. The quantitative estimate of drug-likeness (QED) is 0.787. The lowest BCUT2D eigenvalue weighted by Crippen LogP contribution is -2.45. The molecular formula is C17H20ClF3N2O3S. The molecule has 27 heavy (non-hydrogen) atoms. The molecule has 10 heteroatoms. The first-order valence-corrected chi connectivity index (χ1v) is 10.8. The Kier molecular flexibility index (Phi) is 5.37. The van der Waals surface area contributed by atoms with Crippen LogP contribution in [0.1, 0.15) is 31.2 Å². The first kappa shape index (κ1) is 20.3. The molecule has 1 amide bonds. The van der Waals surface area contributed by atoms with Gasteiger partial charge in [0, 0.05) is 6.04 Å². The van der Waals surface area contributed by atoms with Crippen molar-refractivity contribution in [2.75, 3.05) is 17.1 Å². The van der Waals surface area contributed by atoms with E-state index in [9.17, 15) is 26.4 Å². The van der Waals surface area contributed by atoms with E-state index in [2.05, 4.69) is 5.32 Å². The molecule has 2 saturated carbocycles. The van der Waals surface area contributed by atoms with Gasteiger partial charge in [-0.2, -0.15) is 13.2 Å². The van der Waals surface area contributed by atoms with Crippen molar-refractivity contribution >= 4 is 33.2 Å².